The highest BCUT2D eigenvalue weighted by atomic mass is 32.2. The lowest BCUT2D eigenvalue weighted by Gasteiger charge is -2.37. The van der Waals surface area contributed by atoms with E-state index < -0.39 is 11.6 Å². The molecule has 0 spiro atoms. The molecule has 0 aliphatic carbocycles. The minimum Gasteiger partial charge on any atom is -0.300 e. The van der Waals surface area contributed by atoms with Crippen LogP contribution in [0.2, 0.25) is 0 Å². The summed E-state index contributed by atoms with van der Waals surface area (Å²) < 4.78 is 26.2. The van der Waals surface area contributed by atoms with Gasteiger partial charge in [-0.2, -0.15) is 11.8 Å². The first-order valence-corrected chi connectivity index (χ1v) is 6.98. The third-order valence-corrected chi connectivity index (χ3v) is 4.36. The van der Waals surface area contributed by atoms with Crippen LogP contribution in [0.3, 0.4) is 0 Å². The van der Waals surface area contributed by atoms with Crippen molar-refractivity contribution >= 4 is 11.8 Å². The second-order valence-electron chi connectivity index (χ2n) is 4.44. The maximum absolute atomic E-state index is 13.3. The number of benzene rings is 1. The van der Waals surface area contributed by atoms with E-state index in [0.29, 0.717) is 5.56 Å². The van der Waals surface area contributed by atoms with Crippen molar-refractivity contribution in [2.75, 3.05) is 25.1 Å². The van der Waals surface area contributed by atoms with Crippen molar-refractivity contribution in [1.29, 1.82) is 0 Å². The van der Waals surface area contributed by atoms with Crippen LogP contribution in [0.25, 0.3) is 0 Å². The standard InChI is InChI=1S/C12H17F2N3S/c1-17-4-5-18-7-11(17)12(16-15)8-2-3-9(13)10(14)6-8/h2-3,6,11-12,16H,4-5,7,15H2,1H3. The molecule has 0 saturated carbocycles. The van der Waals surface area contributed by atoms with Gasteiger partial charge in [-0.05, 0) is 24.7 Å². The van der Waals surface area contributed by atoms with E-state index in [9.17, 15) is 8.78 Å². The molecule has 2 unspecified atom stereocenters. The average molecular weight is 273 g/mol. The van der Waals surface area contributed by atoms with E-state index >= 15 is 0 Å². The van der Waals surface area contributed by atoms with Crippen molar-refractivity contribution < 1.29 is 8.78 Å². The normalized spacial score (nSPS) is 23.0. The van der Waals surface area contributed by atoms with Crippen LogP contribution >= 0.6 is 11.8 Å². The van der Waals surface area contributed by atoms with E-state index in [1.165, 1.54) is 6.07 Å². The highest BCUT2D eigenvalue weighted by molar-refractivity contribution is 7.99. The number of halogens is 2. The van der Waals surface area contributed by atoms with E-state index in [4.69, 9.17) is 5.84 Å². The summed E-state index contributed by atoms with van der Waals surface area (Å²) in [5, 5.41) is 0. The van der Waals surface area contributed by atoms with E-state index in [1.54, 1.807) is 6.07 Å². The minimum absolute atomic E-state index is 0.179. The van der Waals surface area contributed by atoms with Gasteiger partial charge in [0.25, 0.3) is 0 Å². The summed E-state index contributed by atoms with van der Waals surface area (Å²) in [6.45, 7) is 0.969. The maximum atomic E-state index is 13.3. The number of hydrogen-bond donors (Lipinski definition) is 2. The van der Waals surface area contributed by atoms with Crippen molar-refractivity contribution in [2.24, 2.45) is 5.84 Å². The number of likely N-dealkylation sites (N-methyl/N-ethyl adjacent to an activating group) is 1. The van der Waals surface area contributed by atoms with Crippen LogP contribution in [0.1, 0.15) is 11.6 Å². The van der Waals surface area contributed by atoms with Crippen LogP contribution < -0.4 is 11.3 Å². The van der Waals surface area contributed by atoms with Crippen LogP contribution in [0.4, 0.5) is 8.78 Å². The summed E-state index contributed by atoms with van der Waals surface area (Å²) in [5.74, 6) is 5.92. The Morgan fingerprint density at radius 1 is 1.44 bits per heavy atom. The first-order valence-electron chi connectivity index (χ1n) is 5.82. The average Bonchev–Trinajstić information content (AvgIpc) is 2.37. The van der Waals surface area contributed by atoms with E-state index in [2.05, 4.69) is 10.3 Å². The van der Waals surface area contributed by atoms with Gasteiger partial charge < -0.3 is 0 Å². The first-order chi connectivity index (χ1) is 8.63. The van der Waals surface area contributed by atoms with Crippen LogP contribution in [-0.2, 0) is 0 Å². The van der Waals surface area contributed by atoms with Crippen LogP contribution in [-0.4, -0.2) is 36.0 Å². The number of hydrogen-bond acceptors (Lipinski definition) is 4. The fourth-order valence-electron chi connectivity index (χ4n) is 2.19. The van der Waals surface area contributed by atoms with Gasteiger partial charge in [0.2, 0.25) is 0 Å². The van der Waals surface area contributed by atoms with E-state index in [0.717, 1.165) is 24.1 Å². The second-order valence-corrected chi connectivity index (χ2v) is 5.59. The summed E-state index contributed by atoms with van der Waals surface area (Å²) in [6, 6.07) is 3.92. The molecule has 2 rings (SSSR count). The lowest BCUT2D eigenvalue weighted by Crippen LogP contribution is -2.49. The highest BCUT2D eigenvalue weighted by Gasteiger charge is 2.28. The predicted octanol–water partition coefficient (Wildman–Crippen LogP) is 1.52. The van der Waals surface area contributed by atoms with Crippen LogP contribution in [0.15, 0.2) is 18.2 Å². The van der Waals surface area contributed by atoms with Gasteiger partial charge >= 0.3 is 0 Å². The monoisotopic (exact) mass is 273 g/mol. The number of thioether (sulfide) groups is 1. The van der Waals surface area contributed by atoms with Crippen molar-refractivity contribution in [3.8, 4) is 0 Å². The van der Waals surface area contributed by atoms with Gasteiger partial charge in [0.1, 0.15) is 0 Å². The molecule has 1 aromatic carbocycles. The lowest BCUT2D eigenvalue weighted by molar-refractivity contribution is 0.216. The quantitative estimate of drug-likeness (QED) is 0.647. The number of rotatable bonds is 3. The molecule has 0 aromatic heterocycles. The van der Waals surface area contributed by atoms with Crippen molar-refractivity contribution in [3.05, 3.63) is 35.4 Å². The first kappa shape index (κ1) is 13.7. The zero-order valence-corrected chi connectivity index (χ0v) is 11.0. The van der Waals surface area contributed by atoms with Crippen LogP contribution in [0, 0.1) is 11.6 Å². The van der Waals surface area contributed by atoms with E-state index in [-0.39, 0.29) is 12.1 Å². The molecule has 3 nitrogen and oxygen atoms in total. The number of nitrogens with one attached hydrogen (secondary N) is 1. The summed E-state index contributed by atoms with van der Waals surface area (Å²) in [4.78, 5) is 2.20. The summed E-state index contributed by atoms with van der Waals surface area (Å²) in [5.41, 5.74) is 3.40. The summed E-state index contributed by atoms with van der Waals surface area (Å²) in [7, 11) is 2.02. The molecule has 6 heteroatoms. The molecule has 1 heterocycles. The van der Waals surface area contributed by atoms with Gasteiger partial charge in [-0.3, -0.25) is 16.2 Å². The van der Waals surface area contributed by atoms with Gasteiger partial charge in [0.05, 0.1) is 6.04 Å². The smallest absolute Gasteiger partial charge is 0.159 e. The summed E-state index contributed by atoms with van der Waals surface area (Å²) in [6.07, 6.45) is 0. The molecular weight excluding hydrogens is 256 g/mol. The molecule has 0 radical (unpaired) electrons. The minimum atomic E-state index is -0.834. The molecule has 0 amide bonds. The Morgan fingerprint density at radius 2 is 2.22 bits per heavy atom. The molecule has 0 bridgehead atoms. The van der Waals surface area contributed by atoms with E-state index in [1.807, 2.05) is 18.8 Å². The Balaban J connectivity index is 2.23. The SMILES string of the molecule is CN1CCSCC1C(NN)c1ccc(F)c(F)c1. The number of nitrogens with two attached hydrogens (primary N) is 1. The van der Waals surface area contributed by atoms with Gasteiger partial charge in [-0.1, -0.05) is 6.07 Å². The fourth-order valence-corrected chi connectivity index (χ4v) is 3.46. The highest BCUT2D eigenvalue weighted by Crippen LogP contribution is 2.27. The number of hydrazine groups is 1. The lowest BCUT2D eigenvalue weighted by atomic mass is 9.99. The Hall–Kier alpha value is -0.690. The summed E-state index contributed by atoms with van der Waals surface area (Å²) >= 11 is 1.85. The molecule has 1 aromatic rings. The second kappa shape index (κ2) is 5.97. The molecule has 1 aliphatic heterocycles. The van der Waals surface area contributed by atoms with Gasteiger partial charge in [0, 0.05) is 24.1 Å². The van der Waals surface area contributed by atoms with Crippen molar-refractivity contribution in [3.63, 3.8) is 0 Å². The Morgan fingerprint density at radius 3 is 2.83 bits per heavy atom. The van der Waals surface area contributed by atoms with Crippen LogP contribution in [0.5, 0.6) is 0 Å². The fraction of sp³-hybridized carbons (Fsp3) is 0.500. The van der Waals surface area contributed by atoms with Gasteiger partial charge in [-0.15, -0.1) is 0 Å². The molecule has 1 aliphatic rings. The number of nitrogens with zero attached hydrogens (tertiary/aromatic N) is 1. The molecule has 1 fully saturated rings. The Bertz CT molecular complexity index is 416. The molecule has 1 saturated heterocycles. The molecular formula is C12H17F2N3S. The largest absolute Gasteiger partial charge is 0.300 e. The Labute approximate surface area is 110 Å². The maximum Gasteiger partial charge on any atom is 0.159 e. The zero-order valence-electron chi connectivity index (χ0n) is 10.2. The third kappa shape index (κ3) is 2.83. The molecule has 100 valence electrons. The van der Waals surface area contributed by atoms with Gasteiger partial charge in [0.15, 0.2) is 11.6 Å². The zero-order chi connectivity index (χ0) is 13.1. The third-order valence-electron chi connectivity index (χ3n) is 3.31. The molecule has 2 atom stereocenters. The molecule has 3 N–H and O–H groups in total. The van der Waals surface area contributed by atoms with Gasteiger partial charge in [-0.25, -0.2) is 8.78 Å². The predicted molar refractivity (Wildman–Crippen MR) is 70.2 cm³/mol. The van der Waals surface area contributed by atoms with Crippen molar-refractivity contribution in [2.45, 2.75) is 12.1 Å². The van der Waals surface area contributed by atoms with Crippen molar-refractivity contribution in [1.82, 2.24) is 10.3 Å². The topological polar surface area (TPSA) is 41.3 Å². The Kier molecular flexibility index (Phi) is 4.55. The molecule has 18 heavy (non-hydrogen) atoms.